The predicted molar refractivity (Wildman–Crippen MR) is 118 cm³/mol. The van der Waals surface area contributed by atoms with Crippen LogP contribution in [0.1, 0.15) is 48.9 Å². The molecule has 1 fully saturated rings. The van der Waals surface area contributed by atoms with Gasteiger partial charge in [-0.05, 0) is 35.2 Å². The molecule has 2 aromatic carbocycles. The minimum absolute atomic E-state index is 0.147. The summed E-state index contributed by atoms with van der Waals surface area (Å²) >= 11 is 3.40. The van der Waals surface area contributed by atoms with Crippen molar-refractivity contribution in [2.24, 2.45) is 0 Å². The Hall–Kier alpha value is -2.67. The van der Waals surface area contributed by atoms with E-state index in [0.717, 1.165) is 34.1 Å². The molecule has 1 saturated heterocycles. The molecule has 0 bridgehead atoms. The van der Waals surface area contributed by atoms with Crippen LogP contribution in [0.4, 0.5) is 0 Å². The molecule has 6 nitrogen and oxygen atoms in total. The lowest BCUT2D eigenvalue weighted by atomic mass is 10.0. The van der Waals surface area contributed by atoms with E-state index in [2.05, 4.69) is 26.6 Å². The molecule has 3 rings (SSSR count). The first-order valence-electron chi connectivity index (χ1n) is 10.1. The van der Waals surface area contributed by atoms with Crippen LogP contribution in [0.2, 0.25) is 0 Å². The number of carbonyl (C=O) groups excluding carboxylic acids is 3. The number of rotatable bonds is 8. The molecule has 1 atom stereocenters. The average Bonchev–Trinajstić information content (AvgIpc) is 3.11. The number of halogens is 1. The Morgan fingerprint density at radius 3 is 2.43 bits per heavy atom. The highest BCUT2D eigenvalue weighted by atomic mass is 79.9. The fourth-order valence-electron chi connectivity index (χ4n) is 3.61. The van der Waals surface area contributed by atoms with Crippen LogP contribution in [0.25, 0.3) is 0 Å². The zero-order chi connectivity index (χ0) is 21.5. The minimum Gasteiger partial charge on any atom is -0.352 e. The lowest BCUT2D eigenvalue weighted by Crippen LogP contribution is -2.32. The molecular weight excluding hydrogens is 446 g/mol. The Kier molecular flexibility index (Phi) is 7.63. The Morgan fingerprint density at radius 1 is 1.10 bits per heavy atom. The van der Waals surface area contributed by atoms with Crippen LogP contribution in [0.3, 0.4) is 0 Å². The maximum Gasteiger partial charge on any atom is 0.222 e. The van der Waals surface area contributed by atoms with Crippen molar-refractivity contribution >= 4 is 33.7 Å². The molecule has 0 radical (unpaired) electrons. The third kappa shape index (κ3) is 6.16. The molecular formula is C23H26BrN3O3. The molecule has 1 heterocycles. The van der Waals surface area contributed by atoms with Gasteiger partial charge in [0.15, 0.2) is 0 Å². The van der Waals surface area contributed by atoms with Gasteiger partial charge in [0.2, 0.25) is 17.7 Å². The summed E-state index contributed by atoms with van der Waals surface area (Å²) in [4.78, 5) is 38.0. The zero-order valence-electron chi connectivity index (χ0n) is 17.0. The second-order valence-corrected chi connectivity index (χ2v) is 8.39. The summed E-state index contributed by atoms with van der Waals surface area (Å²) in [7, 11) is 0. The van der Waals surface area contributed by atoms with Crippen LogP contribution in [0, 0.1) is 0 Å². The van der Waals surface area contributed by atoms with Gasteiger partial charge in [-0.25, -0.2) is 0 Å². The fraction of sp³-hybridized carbons (Fsp3) is 0.348. The quantitative estimate of drug-likeness (QED) is 0.618. The first-order valence-corrected chi connectivity index (χ1v) is 10.9. The highest BCUT2D eigenvalue weighted by Gasteiger charge is 2.21. The smallest absolute Gasteiger partial charge is 0.222 e. The molecule has 0 aromatic heterocycles. The molecule has 0 saturated carbocycles. The van der Waals surface area contributed by atoms with Crippen molar-refractivity contribution in [3.05, 3.63) is 69.7 Å². The Morgan fingerprint density at radius 2 is 1.80 bits per heavy atom. The summed E-state index contributed by atoms with van der Waals surface area (Å²) in [6, 6.07) is 15.0. The molecule has 7 heteroatoms. The van der Waals surface area contributed by atoms with E-state index in [1.54, 1.807) is 0 Å². The van der Waals surface area contributed by atoms with Gasteiger partial charge in [-0.3, -0.25) is 14.4 Å². The number of likely N-dealkylation sites (tertiary alicyclic amines) is 1. The molecule has 2 N–H and O–H groups in total. The van der Waals surface area contributed by atoms with E-state index in [-0.39, 0.29) is 24.1 Å². The standard InChI is InChI=1S/C23H26BrN3O3/c1-16(28)26-21(17-8-10-20(24)11-9-17)13-22(29)25-14-18-5-2-3-6-19(18)15-27-12-4-7-23(27)30/h2-3,5-6,8-11,21H,4,7,12-15H2,1H3,(H,25,29)(H,26,28). The van der Waals surface area contributed by atoms with Gasteiger partial charge in [0.05, 0.1) is 12.5 Å². The van der Waals surface area contributed by atoms with Crippen molar-refractivity contribution in [1.82, 2.24) is 15.5 Å². The second-order valence-electron chi connectivity index (χ2n) is 7.47. The van der Waals surface area contributed by atoms with Crippen molar-refractivity contribution in [3.63, 3.8) is 0 Å². The average molecular weight is 472 g/mol. The maximum atomic E-state index is 12.6. The molecule has 2 aromatic rings. The van der Waals surface area contributed by atoms with Crippen LogP contribution < -0.4 is 10.6 Å². The Bertz CT molecular complexity index is 914. The summed E-state index contributed by atoms with van der Waals surface area (Å²) in [5.41, 5.74) is 2.90. The molecule has 0 spiro atoms. The number of hydrogen-bond acceptors (Lipinski definition) is 3. The zero-order valence-corrected chi connectivity index (χ0v) is 18.6. The SMILES string of the molecule is CC(=O)NC(CC(=O)NCc1ccccc1CN1CCCC1=O)c1ccc(Br)cc1. The van der Waals surface area contributed by atoms with Gasteiger partial charge in [0, 0.05) is 37.5 Å². The van der Waals surface area contributed by atoms with Crippen molar-refractivity contribution in [2.45, 2.75) is 45.3 Å². The second kappa shape index (κ2) is 10.4. The lowest BCUT2D eigenvalue weighted by molar-refractivity contribution is -0.128. The third-order valence-corrected chi connectivity index (χ3v) is 5.70. The van der Waals surface area contributed by atoms with Crippen molar-refractivity contribution in [1.29, 1.82) is 0 Å². The highest BCUT2D eigenvalue weighted by molar-refractivity contribution is 9.10. The van der Waals surface area contributed by atoms with Crippen LogP contribution in [0.15, 0.2) is 53.0 Å². The molecule has 1 aliphatic heterocycles. The monoisotopic (exact) mass is 471 g/mol. The number of nitrogens with one attached hydrogen (secondary N) is 2. The van der Waals surface area contributed by atoms with Gasteiger partial charge in [0.25, 0.3) is 0 Å². The first-order chi connectivity index (χ1) is 14.4. The third-order valence-electron chi connectivity index (χ3n) is 5.17. The van der Waals surface area contributed by atoms with E-state index in [4.69, 9.17) is 0 Å². The normalized spacial score (nSPS) is 14.5. The van der Waals surface area contributed by atoms with Gasteiger partial charge >= 0.3 is 0 Å². The molecule has 3 amide bonds. The Balaban J connectivity index is 1.62. The topological polar surface area (TPSA) is 78.5 Å². The minimum atomic E-state index is -0.395. The molecule has 30 heavy (non-hydrogen) atoms. The summed E-state index contributed by atoms with van der Waals surface area (Å²) in [6.07, 6.45) is 1.66. The van der Waals surface area contributed by atoms with Crippen molar-refractivity contribution < 1.29 is 14.4 Å². The van der Waals surface area contributed by atoms with Crippen LogP contribution >= 0.6 is 15.9 Å². The lowest BCUT2D eigenvalue weighted by Gasteiger charge is -2.20. The van der Waals surface area contributed by atoms with Gasteiger partial charge in [-0.15, -0.1) is 0 Å². The van der Waals surface area contributed by atoms with Gasteiger partial charge < -0.3 is 15.5 Å². The first kappa shape index (κ1) is 22.0. The summed E-state index contributed by atoms with van der Waals surface area (Å²) in [6.45, 7) is 3.17. The molecule has 1 aliphatic rings. The number of nitrogens with zero attached hydrogens (tertiary/aromatic N) is 1. The number of amides is 3. The van der Waals surface area contributed by atoms with Crippen molar-refractivity contribution in [2.75, 3.05) is 6.54 Å². The van der Waals surface area contributed by atoms with E-state index in [9.17, 15) is 14.4 Å². The van der Waals surface area contributed by atoms with E-state index in [0.29, 0.717) is 19.5 Å². The summed E-state index contributed by atoms with van der Waals surface area (Å²) in [5.74, 6) is -0.151. The Labute approximate surface area is 185 Å². The van der Waals surface area contributed by atoms with Gasteiger partial charge in [-0.2, -0.15) is 0 Å². The highest BCUT2D eigenvalue weighted by Crippen LogP contribution is 2.21. The number of carbonyl (C=O) groups is 3. The van der Waals surface area contributed by atoms with Gasteiger partial charge in [-0.1, -0.05) is 52.3 Å². The van der Waals surface area contributed by atoms with E-state index in [1.807, 2.05) is 53.4 Å². The molecule has 0 aliphatic carbocycles. The number of hydrogen-bond donors (Lipinski definition) is 2. The molecule has 1 unspecified atom stereocenters. The maximum absolute atomic E-state index is 12.6. The summed E-state index contributed by atoms with van der Waals surface area (Å²) < 4.78 is 0.936. The van der Waals surface area contributed by atoms with Gasteiger partial charge in [0.1, 0.15) is 0 Å². The van der Waals surface area contributed by atoms with Crippen LogP contribution in [0.5, 0.6) is 0 Å². The van der Waals surface area contributed by atoms with Crippen LogP contribution in [-0.4, -0.2) is 29.2 Å². The largest absolute Gasteiger partial charge is 0.352 e. The van der Waals surface area contributed by atoms with E-state index >= 15 is 0 Å². The van der Waals surface area contributed by atoms with Crippen LogP contribution in [-0.2, 0) is 27.5 Å². The fourth-order valence-corrected chi connectivity index (χ4v) is 3.87. The summed E-state index contributed by atoms with van der Waals surface area (Å²) in [5, 5.41) is 5.81. The number of benzene rings is 2. The van der Waals surface area contributed by atoms with E-state index in [1.165, 1.54) is 6.92 Å². The predicted octanol–water partition coefficient (Wildman–Crippen LogP) is 3.46. The molecule has 158 valence electrons. The van der Waals surface area contributed by atoms with E-state index < -0.39 is 6.04 Å². The van der Waals surface area contributed by atoms with Crippen molar-refractivity contribution in [3.8, 4) is 0 Å².